The van der Waals surface area contributed by atoms with Gasteiger partial charge in [0.2, 0.25) is 0 Å². The molecular formula is C22H24ClN5O4S. The summed E-state index contributed by atoms with van der Waals surface area (Å²) in [5.74, 6) is -0.936. The van der Waals surface area contributed by atoms with Crippen molar-refractivity contribution in [3.63, 3.8) is 0 Å². The molecule has 11 heteroatoms. The standard InChI is InChI=1S/C22H24ClN5O4S/c1-13-4-6-15(7-5-13)33(29,30)27-26-11-14-10-17(19-18(14)31-22(2,3)32-19)28-9-8-16-20(23)24-12-25-21(16)28/h4-9,11-12,14,17-19,27H,10H2,1-3H3/b26-11+/t14?,17-,18-,19+/m1/s1. The summed E-state index contributed by atoms with van der Waals surface area (Å²) in [6.45, 7) is 5.63. The van der Waals surface area contributed by atoms with E-state index in [1.165, 1.54) is 6.33 Å². The number of hydrogen-bond donors (Lipinski definition) is 1. The summed E-state index contributed by atoms with van der Waals surface area (Å²) in [5, 5.41) is 5.22. The van der Waals surface area contributed by atoms with Crippen molar-refractivity contribution in [2.45, 2.75) is 56.1 Å². The molecule has 1 saturated carbocycles. The van der Waals surface area contributed by atoms with Crippen molar-refractivity contribution >= 4 is 38.9 Å². The number of nitrogens with zero attached hydrogens (tertiary/aromatic N) is 4. The van der Waals surface area contributed by atoms with E-state index in [9.17, 15) is 8.42 Å². The van der Waals surface area contributed by atoms with E-state index in [2.05, 4.69) is 19.9 Å². The number of fused-ring (bicyclic) bond motifs is 2. The third kappa shape index (κ3) is 4.12. The molecule has 2 aliphatic rings. The maximum Gasteiger partial charge on any atom is 0.276 e. The Balaban J connectivity index is 1.40. The van der Waals surface area contributed by atoms with Gasteiger partial charge in [-0.1, -0.05) is 29.3 Å². The quantitative estimate of drug-likeness (QED) is 0.334. The van der Waals surface area contributed by atoms with E-state index >= 15 is 0 Å². The molecule has 0 bridgehead atoms. The summed E-state index contributed by atoms with van der Waals surface area (Å²) in [6, 6.07) is 8.38. The predicted octanol–water partition coefficient (Wildman–Crippen LogP) is 3.44. The normalized spacial score (nSPS) is 26.8. The summed E-state index contributed by atoms with van der Waals surface area (Å²) in [5.41, 5.74) is 1.69. The fraction of sp³-hybridized carbons (Fsp3) is 0.409. The van der Waals surface area contributed by atoms with E-state index in [0.29, 0.717) is 17.2 Å². The van der Waals surface area contributed by atoms with Gasteiger partial charge in [-0.25, -0.2) is 14.8 Å². The van der Waals surface area contributed by atoms with Crippen LogP contribution in [-0.4, -0.2) is 47.2 Å². The average Bonchev–Trinajstić information content (AvgIpc) is 3.40. The van der Waals surface area contributed by atoms with Gasteiger partial charge in [0.25, 0.3) is 10.0 Å². The number of halogens is 1. The van der Waals surface area contributed by atoms with Gasteiger partial charge in [-0.05, 0) is 45.4 Å². The monoisotopic (exact) mass is 489 g/mol. The van der Waals surface area contributed by atoms with E-state index in [0.717, 1.165) is 10.9 Å². The number of sulfonamides is 1. The Bertz CT molecular complexity index is 1320. The minimum Gasteiger partial charge on any atom is -0.344 e. The predicted molar refractivity (Wildman–Crippen MR) is 123 cm³/mol. The van der Waals surface area contributed by atoms with Crippen LogP contribution in [-0.2, 0) is 19.5 Å². The molecule has 1 saturated heterocycles. The van der Waals surface area contributed by atoms with Crippen molar-refractivity contribution in [1.29, 1.82) is 0 Å². The molecule has 174 valence electrons. The number of rotatable bonds is 5. The van der Waals surface area contributed by atoms with Crippen LogP contribution in [0.25, 0.3) is 11.0 Å². The van der Waals surface area contributed by atoms with Crippen LogP contribution in [0.3, 0.4) is 0 Å². The van der Waals surface area contributed by atoms with Crippen molar-refractivity contribution in [3.8, 4) is 0 Å². The number of aromatic nitrogens is 3. The van der Waals surface area contributed by atoms with Crippen molar-refractivity contribution in [2.75, 3.05) is 0 Å². The lowest BCUT2D eigenvalue weighted by atomic mass is 10.1. The van der Waals surface area contributed by atoms with Crippen molar-refractivity contribution < 1.29 is 17.9 Å². The molecule has 2 aromatic heterocycles. The molecule has 1 aromatic carbocycles. The van der Waals surface area contributed by atoms with Crippen LogP contribution in [0.2, 0.25) is 5.15 Å². The third-order valence-electron chi connectivity index (χ3n) is 6.07. The maximum absolute atomic E-state index is 12.6. The van der Waals surface area contributed by atoms with Gasteiger partial charge in [0.15, 0.2) is 5.79 Å². The topological polar surface area (TPSA) is 108 Å². The first-order valence-corrected chi connectivity index (χ1v) is 12.4. The zero-order valence-corrected chi connectivity index (χ0v) is 19.9. The Kier molecular flexibility index (Phi) is 5.43. The molecule has 5 rings (SSSR count). The fourth-order valence-corrected chi connectivity index (χ4v) is 5.57. The zero-order chi connectivity index (χ0) is 23.4. The highest BCUT2D eigenvalue weighted by atomic mass is 35.5. The second-order valence-electron chi connectivity index (χ2n) is 8.84. The molecular weight excluding hydrogens is 466 g/mol. The molecule has 1 N–H and O–H groups in total. The lowest BCUT2D eigenvalue weighted by molar-refractivity contribution is -0.157. The first-order chi connectivity index (χ1) is 15.6. The SMILES string of the molecule is Cc1ccc(S(=O)(=O)N/N=C/C2C[C@@H](n3ccc4c(Cl)ncnc43)[C@@H]3OC(C)(C)O[C@H]23)cc1. The van der Waals surface area contributed by atoms with Gasteiger partial charge in [0, 0.05) is 18.3 Å². The van der Waals surface area contributed by atoms with Gasteiger partial charge in [-0.2, -0.15) is 13.5 Å². The van der Waals surface area contributed by atoms with E-state index in [1.807, 2.05) is 37.6 Å². The highest BCUT2D eigenvalue weighted by Crippen LogP contribution is 2.47. The Morgan fingerprint density at radius 1 is 1.18 bits per heavy atom. The summed E-state index contributed by atoms with van der Waals surface area (Å²) < 4.78 is 39.5. The van der Waals surface area contributed by atoms with Gasteiger partial charge in [-0.15, -0.1) is 0 Å². The molecule has 1 aliphatic heterocycles. The van der Waals surface area contributed by atoms with E-state index in [4.69, 9.17) is 21.1 Å². The van der Waals surface area contributed by atoms with Crippen LogP contribution in [0.15, 0.2) is 52.9 Å². The average molecular weight is 490 g/mol. The molecule has 33 heavy (non-hydrogen) atoms. The minimum absolute atomic E-state index is 0.0922. The number of hydrazone groups is 1. The molecule has 4 atom stereocenters. The molecule has 1 unspecified atom stereocenters. The summed E-state index contributed by atoms with van der Waals surface area (Å²) in [6.07, 6.45) is 5.04. The Hall–Kier alpha value is -2.53. The smallest absolute Gasteiger partial charge is 0.276 e. The molecule has 3 heterocycles. The van der Waals surface area contributed by atoms with E-state index < -0.39 is 15.8 Å². The van der Waals surface area contributed by atoms with Crippen molar-refractivity contribution in [3.05, 3.63) is 53.6 Å². The van der Waals surface area contributed by atoms with E-state index in [1.54, 1.807) is 30.5 Å². The molecule has 0 amide bonds. The fourth-order valence-electron chi connectivity index (χ4n) is 4.58. The van der Waals surface area contributed by atoms with Gasteiger partial charge in [0.1, 0.15) is 23.2 Å². The summed E-state index contributed by atoms with van der Waals surface area (Å²) >= 11 is 6.23. The lowest BCUT2D eigenvalue weighted by Crippen LogP contribution is -2.27. The molecule has 0 spiro atoms. The second-order valence-corrected chi connectivity index (χ2v) is 10.9. The Morgan fingerprint density at radius 3 is 2.67 bits per heavy atom. The minimum atomic E-state index is -3.76. The zero-order valence-electron chi connectivity index (χ0n) is 18.3. The van der Waals surface area contributed by atoms with Crippen molar-refractivity contribution in [2.24, 2.45) is 11.0 Å². The third-order valence-corrected chi connectivity index (χ3v) is 7.61. The van der Waals surface area contributed by atoms with Crippen LogP contribution < -0.4 is 4.83 Å². The summed E-state index contributed by atoms with van der Waals surface area (Å²) in [4.78, 5) is 10.9. The first kappa shape index (κ1) is 22.3. The highest BCUT2D eigenvalue weighted by molar-refractivity contribution is 7.89. The van der Waals surface area contributed by atoms with Crippen LogP contribution in [0.4, 0.5) is 0 Å². The van der Waals surface area contributed by atoms with Crippen LogP contribution in [0, 0.1) is 12.8 Å². The van der Waals surface area contributed by atoms with E-state index in [-0.39, 0.29) is 29.1 Å². The molecule has 2 fully saturated rings. The van der Waals surface area contributed by atoms with Gasteiger partial charge in [0.05, 0.1) is 22.4 Å². The second kappa shape index (κ2) is 8.05. The Morgan fingerprint density at radius 2 is 1.91 bits per heavy atom. The maximum atomic E-state index is 12.6. The number of aryl methyl sites for hydroxylation is 1. The first-order valence-electron chi connectivity index (χ1n) is 10.6. The molecule has 1 aliphatic carbocycles. The number of ether oxygens (including phenoxy) is 2. The van der Waals surface area contributed by atoms with Gasteiger partial charge < -0.3 is 14.0 Å². The van der Waals surface area contributed by atoms with Crippen molar-refractivity contribution in [1.82, 2.24) is 19.4 Å². The molecule has 3 aromatic rings. The largest absolute Gasteiger partial charge is 0.344 e. The number of nitrogens with one attached hydrogen (secondary N) is 1. The summed E-state index contributed by atoms with van der Waals surface area (Å²) in [7, 11) is -3.76. The lowest BCUT2D eigenvalue weighted by Gasteiger charge is -2.23. The highest BCUT2D eigenvalue weighted by Gasteiger charge is 2.54. The van der Waals surface area contributed by atoms with Crippen LogP contribution in [0.1, 0.15) is 31.9 Å². The van der Waals surface area contributed by atoms with Crippen LogP contribution >= 0.6 is 11.6 Å². The molecule has 9 nitrogen and oxygen atoms in total. The number of benzene rings is 1. The van der Waals surface area contributed by atoms with Crippen LogP contribution in [0.5, 0.6) is 0 Å². The van der Waals surface area contributed by atoms with Gasteiger partial charge >= 0.3 is 0 Å². The van der Waals surface area contributed by atoms with Gasteiger partial charge in [-0.3, -0.25) is 0 Å². The molecule has 0 radical (unpaired) electrons. The number of hydrogen-bond acceptors (Lipinski definition) is 7. The Labute approximate surface area is 196 Å².